The van der Waals surface area contributed by atoms with Crippen LogP contribution in [0.25, 0.3) is 17.0 Å². The van der Waals surface area contributed by atoms with E-state index in [1.165, 1.54) is 23.8 Å². The van der Waals surface area contributed by atoms with Crippen LogP contribution >= 0.6 is 11.6 Å². The molecule has 0 saturated carbocycles. The van der Waals surface area contributed by atoms with Crippen LogP contribution in [0.3, 0.4) is 0 Å². The molecule has 0 atom stereocenters. The van der Waals surface area contributed by atoms with Crippen LogP contribution in [0.1, 0.15) is 0 Å². The minimum Gasteiger partial charge on any atom is -0.495 e. The normalized spacial score (nSPS) is 11.4. The van der Waals surface area contributed by atoms with Gasteiger partial charge in [-0.1, -0.05) is 11.6 Å². The summed E-state index contributed by atoms with van der Waals surface area (Å²) in [6, 6.07) is 13.0. The molecular formula is C22H22ClN5O6S. The molecule has 2 aromatic heterocycles. The van der Waals surface area contributed by atoms with E-state index in [0.29, 0.717) is 28.5 Å². The molecule has 184 valence electrons. The number of hydrogen-bond donors (Lipinski definition) is 1. The average molecular weight is 520 g/mol. The van der Waals surface area contributed by atoms with E-state index < -0.39 is 10.0 Å². The Morgan fingerprint density at radius 2 is 1.66 bits per heavy atom. The second kappa shape index (κ2) is 10.3. The highest BCUT2D eigenvalue weighted by molar-refractivity contribution is 7.89. The highest BCUT2D eigenvalue weighted by atomic mass is 35.5. The lowest BCUT2D eigenvalue weighted by Gasteiger charge is -2.11. The largest absolute Gasteiger partial charge is 0.495 e. The van der Waals surface area contributed by atoms with E-state index in [2.05, 4.69) is 20.0 Å². The zero-order valence-electron chi connectivity index (χ0n) is 19.1. The Hall–Kier alpha value is -3.61. The van der Waals surface area contributed by atoms with Gasteiger partial charge in [-0.15, -0.1) is 15.3 Å². The van der Waals surface area contributed by atoms with Gasteiger partial charge in [-0.05, 0) is 42.5 Å². The Bertz CT molecular complexity index is 1460. The van der Waals surface area contributed by atoms with E-state index >= 15 is 0 Å². The van der Waals surface area contributed by atoms with E-state index in [-0.39, 0.29) is 34.7 Å². The van der Waals surface area contributed by atoms with Gasteiger partial charge < -0.3 is 18.9 Å². The molecule has 0 amide bonds. The van der Waals surface area contributed by atoms with Gasteiger partial charge in [-0.25, -0.2) is 13.1 Å². The number of nitrogens with one attached hydrogen (secondary N) is 1. The van der Waals surface area contributed by atoms with Crippen LogP contribution in [0, 0.1) is 0 Å². The maximum atomic E-state index is 12.7. The van der Waals surface area contributed by atoms with Gasteiger partial charge in [-0.3, -0.25) is 0 Å². The van der Waals surface area contributed by atoms with E-state index in [1.807, 2.05) is 6.07 Å². The summed E-state index contributed by atoms with van der Waals surface area (Å²) in [5, 5.41) is 13.0. The minimum absolute atomic E-state index is 0.0115. The zero-order chi connectivity index (χ0) is 25.0. The van der Waals surface area contributed by atoms with E-state index in [0.717, 1.165) is 0 Å². The van der Waals surface area contributed by atoms with E-state index in [1.54, 1.807) is 44.6 Å². The summed E-state index contributed by atoms with van der Waals surface area (Å²) < 4.78 is 50.7. The summed E-state index contributed by atoms with van der Waals surface area (Å²) in [6.45, 7) is 0.0108. The SMILES string of the molecule is COc1ccc(-c2nnc3ccc(OCCNS(=O)(=O)c4cc(Cl)ccc4OC)nn23)cc1OC. The molecule has 0 radical (unpaired) electrons. The van der Waals surface area contributed by atoms with Crippen molar-refractivity contribution in [1.82, 2.24) is 24.5 Å². The molecule has 2 aromatic carbocycles. The Balaban J connectivity index is 1.47. The average Bonchev–Trinajstić information content (AvgIpc) is 3.29. The van der Waals surface area contributed by atoms with Crippen molar-refractivity contribution >= 4 is 27.3 Å². The van der Waals surface area contributed by atoms with Gasteiger partial charge in [-0.2, -0.15) is 4.52 Å². The molecular weight excluding hydrogens is 498 g/mol. The number of hydrogen-bond acceptors (Lipinski definition) is 9. The predicted molar refractivity (Wildman–Crippen MR) is 128 cm³/mol. The molecule has 0 fully saturated rings. The van der Waals surface area contributed by atoms with Crippen molar-refractivity contribution in [3.63, 3.8) is 0 Å². The fraction of sp³-hybridized carbons (Fsp3) is 0.227. The Morgan fingerprint density at radius 3 is 2.40 bits per heavy atom. The topological polar surface area (TPSA) is 126 Å². The molecule has 4 aromatic rings. The molecule has 0 aliphatic rings. The van der Waals surface area contributed by atoms with Gasteiger partial charge >= 0.3 is 0 Å². The van der Waals surface area contributed by atoms with Crippen LogP contribution in [-0.2, 0) is 10.0 Å². The molecule has 0 spiro atoms. The third kappa shape index (κ3) is 5.24. The smallest absolute Gasteiger partial charge is 0.244 e. The van der Waals surface area contributed by atoms with Crippen molar-refractivity contribution in [2.24, 2.45) is 0 Å². The standard InChI is InChI=1S/C22H22ClN5O6S/c1-31-16-6-4-14(12-18(16)33-3)22-26-25-20-8-9-21(27-28(20)22)34-11-10-24-35(29,30)19-13-15(23)5-7-17(19)32-2/h4-9,12-13,24H,10-11H2,1-3H3. The highest BCUT2D eigenvalue weighted by Crippen LogP contribution is 2.32. The quantitative estimate of drug-likeness (QED) is 0.315. The monoisotopic (exact) mass is 519 g/mol. The van der Waals surface area contributed by atoms with Crippen LogP contribution < -0.4 is 23.7 Å². The lowest BCUT2D eigenvalue weighted by molar-refractivity contribution is 0.305. The van der Waals surface area contributed by atoms with Crippen molar-refractivity contribution in [1.29, 1.82) is 0 Å². The maximum Gasteiger partial charge on any atom is 0.244 e. The molecule has 0 aliphatic carbocycles. The summed E-state index contributed by atoms with van der Waals surface area (Å²) in [5.74, 6) is 2.04. The highest BCUT2D eigenvalue weighted by Gasteiger charge is 2.20. The lowest BCUT2D eigenvalue weighted by atomic mass is 10.2. The van der Waals surface area contributed by atoms with Crippen LogP contribution in [0.2, 0.25) is 5.02 Å². The summed E-state index contributed by atoms with van der Waals surface area (Å²) in [7, 11) is 0.618. The molecule has 13 heteroatoms. The van der Waals surface area contributed by atoms with Gasteiger partial charge in [0.1, 0.15) is 17.3 Å². The number of ether oxygens (including phenoxy) is 4. The first kappa shape index (κ1) is 24.5. The van der Waals surface area contributed by atoms with Gasteiger partial charge in [0.05, 0.1) is 21.3 Å². The molecule has 0 bridgehead atoms. The first-order valence-electron chi connectivity index (χ1n) is 10.3. The molecule has 1 N–H and O–H groups in total. The van der Waals surface area contributed by atoms with E-state index in [9.17, 15) is 8.42 Å². The van der Waals surface area contributed by atoms with Crippen molar-refractivity contribution in [2.45, 2.75) is 4.90 Å². The van der Waals surface area contributed by atoms with Crippen LogP contribution in [-0.4, -0.2) is 62.7 Å². The number of sulfonamides is 1. The van der Waals surface area contributed by atoms with Gasteiger partial charge in [0.25, 0.3) is 0 Å². The Labute approximate surface area is 206 Å². The molecule has 11 nitrogen and oxygen atoms in total. The van der Waals surface area contributed by atoms with Crippen LogP contribution in [0.4, 0.5) is 0 Å². The Kier molecular flexibility index (Phi) is 7.24. The molecule has 2 heterocycles. The third-order valence-electron chi connectivity index (χ3n) is 4.94. The zero-order valence-corrected chi connectivity index (χ0v) is 20.6. The van der Waals surface area contributed by atoms with Crippen LogP contribution in [0.5, 0.6) is 23.1 Å². The number of rotatable bonds is 10. The van der Waals surface area contributed by atoms with Gasteiger partial charge in [0, 0.05) is 23.2 Å². The molecule has 35 heavy (non-hydrogen) atoms. The summed E-state index contributed by atoms with van der Waals surface area (Å²) in [5.41, 5.74) is 1.22. The third-order valence-corrected chi connectivity index (χ3v) is 6.66. The minimum atomic E-state index is -3.87. The Morgan fingerprint density at radius 1 is 0.914 bits per heavy atom. The summed E-state index contributed by atoms with van der Waals surface area (Å²) >= 11 is 5.94. The molecule has 0 saturated heterocycles. The van der Waals surface area contributed by atoms with Gasteiger partial charge in [0.15, 0.2) is 23.0 Å². The number of halogens is 1. The second-order valence-corrected chi connectivity index (χ2v) is 9.25. The van der Waals surface area contributed by atoms with Crippen molar-refractivity contribution in [3.05, 3.63) is 53.6 Å². The molecule has 0 aliphatic heterocycles. The first-order valence-corrected chi connectivity index (χ1v) is 12.1. The number of aromatic nitrogens is 4. The number of nitrogens with zero attached hydrogens (tertiary/aromatic N) is 4. The van der Waals surface area contributed by atoms with Crippen molar-refractivity contribution in [2.75, 3.05) is 34.5 Å². The number of benzene rings is 2. The fourth-order valence-corrected chi connectivity index (χ4v) is 4.72. The predicted octanol–water partition coefficient (Wildman–Crippen LogP) is 2.83. The second-order valence-electron chi connectivity index (χ2n) is 7.08. The number of fused-ring (bicyclic) bond motifs is 1. The van der Waals surface area contributed by atoms with Crippen LogP contribution in [0.15, 0.2) is 53.4 Å². The molecule has 4 rings (SSSR count). The lowest BCUT2D eigenvalue weighted by Crippen LogP contribution is -2.28. The van der Waals surface area contributed by atoms with E-state index in [4.69, 9.17) is 30.5 Å². The summed E-state index contributed by atoms with van der Waals surface area (Å²) in [6.07, 6.45) is 0. The molecule has 0 unspecified atom stereocenters. The summed E-state index contributed by atoms with van der Waals surface area (Å²) in [4.78, 5) is -0.0592. The van der Waals surface area contributed by atoms with Crippen molar-refractivity contribution in [3.8, 4) is 34.5 Å². The number of methoxy groups -OCH3 is 3. The first-order chi connectivity index (χ1) is 16.9. The fourth-order valence-electron chi connectivity index (χ4n) is 3.27. The maximum absolute atomic E-state index is 12.7. The van der Waals surface area contributed by atoms with Crippen molar-refractivity contribution < 1.29 is 27.4 Å². The van der Waals surface area contributed by atoms with Gasteiger partial charge in [0.2, 0.25) is 15.9 Å².